The smallest absolute Gasteiger partial charge is 0.122 e. The average Bonchev–Trinajstić information content (AvgIpc) is 3.20. The third-order valence-corrected chi connectivity index (χ3v) is 4.97. The number of piperidine rings is 1. The number of nitriles is 1. The lowest BCUT2D eigenvalue weighted by atomic mass is 9.83. The highest BCUT2D eigenvalue weighted by Gasteiger charge is 2.49. The SMILES string of the molecule is CC1(C)CCCN(CC(C#N)(NC2CC2)C2CC2)C1. The van der Waals surface area contributed by atoms with Crippen LogP contribution >= 0.6 is 0 Å². The van der Waals surface area contributed by atoms with Crippen LogP contribution in [0.5, 0.6) is 0 Å². The first-order valence-electron chi connectivity index (χ1n) is 7.94. The first-order chi connectivity index (χ1) is 9.03. The van der Waals surface area contributed by atoms with E-state index in [1.165, 1.54) is 45.1 Å². The van der Waals surface area contributed by atoms with Crippen LogP contribution < -0.4 is 5.32 Å². The van der Waals surface area contributed by atoms with E-state index in [2.05, 4.69) is 30.1 Å². The first kappa shape index (κ1) is 13.4. The zero-order chi connectivity index (χ0) is 13.5. The molecule has 0 aromatic heterocycles. The molecule has 1 N–H and O–H groups in total. The molecule has 0 amide bonds. The molecule has 19 heavy (non-hydrogen) atoms. The van der Waals surface area contributed by atoms with Crippen molar-refractivity contribution in [2.75, 3.05) is 19.6 Å². The third-order valence-electron chi connectivity index (χ3n) is 4.97. The summed E-state index contributed by atoms with van der Waals surface area (Å²) in [4.78, 5) is 2.54. The van der Waals surface area contributed by atoms with Crippen LogP contribution in [-0.2, 0) is 0 Å². The Morgan fingerprint density at radius 1 is 1.32 bits per heavy atom. The van der Waals surface area contributed by atoms with Crippen LogP contribution in [-0.4, -0.2) is 36.1 Å². The Labute approximate surface area is 117 Å². The van der Waals surface area contributed by atoms with Crippen molar-refractivity contribution in [2.45, 2.75) is 64.0 Å². The van der Waals surface area contributed by atoms with Crippen molar-refractivity contribution in [1.82, 2.24) is 10.2 Å². The molecule has 3 aliphatic rings. The Kier molecular flexibility index (Phi) is 3.35. The zero-order valence-corrected chi connectivity index (χ0v) is 12.4. The number of hydrogen-bond donors (Lipinski definition) is 1. The van der Waals surface area contributed by atoms with E-state index >= 15 is 0 Å². The van der Waals surface area contributed by atoms with E-state index in [-0.39, 0.29) is 5.54 Å². The molecule has 3 fully saturated rings. The van der Waals surface area contributed by atoms with Crippen LogP contribution in [0.1, 0.15) is 52.4 Å². The molecule has 106 valence electrons. The van der Waals surface area contributed by atoms with Gasteiger partial charge in [-0.2, -0.15) is 5.26 Å². The van der Waals surface area contributed by atoms with E-state index < -0.39 is 0 Å². The first-order valence-corrected chi connectivity index (χ1v) is 7.94. The number of likely N-dealkylation sites (tertiary alicyclic amines) is 1. The number of rotatable bonds is 5. The summed E-state index contributed by atoms with van der Waals surface area (Å²) in [6, 6.07) is 3.29. The molecular weight excluding hydrogens is 234 g/mol. The molecule has 0 aromatic rings. The van der Waals surface area contributed by atoms with Crippen molar-refractivity contribution in [3.05, 3.63) is 0 Å². The van der Waals surface area contributed by atoms with E-state index in [0.29, 0.717) is 17.4 Å². The summed E-state index contributed by atoms with van der Waals surface area (Å²) in [6.45, 7) is 7.98. The second kappa shape index (κ2) is 4.75. The van der Waals surface area contributed by atoms with E-state index in [9.17, 15) is 5.26 Å². The Morgan fingerprint density at radius 3 is 2.58 bits per heavy atom. The van der Waals surface area contributed by atoms with Crippen LogP contribution in [0.3, 0.4) is 0 Å². The fraction of sp³-hybridized carbons (Fsp3) is 0.938. The van der Waals surface area contributed by atoms with Gasteiger partial charge >= 0.3 is 0 Å². The Hall–Kier alpha value is -0.590. The zero-order valence-electron chi connectivity index (χ0n) is 12.4. The van der Waals surface area contributed by atoms with Gasteiger partial charge in [0.05, 0.1) is 6.07 Å². The lowest BCUT2D eigenvalue weighted by Gasteiger charge is -2.42. The topological polar surface area (TPSA) is 39.1 Å². The minimum Gasteiger partial charge on any atom is -0.300 e. The molecule has 0 aromatic carbocycles. The quantitative estimate of drug-likeness (QED) is 0.826. The summed E-state index contributed by atoms with van der Waals surface area (Å²) in [7, 11) is 0. The molecule has 1 saturated heterocycles. The number of hydrogen-bond acceptors (Lipinski definition) is 3. The monoisotopic (exact) mass is 261 g/mol. The van der Waals surface area contributed by atoms with Gasteiger partial charge in [-0.1, -0.05) is 13.8 Å². The van der Waals surface area contributed by atoms with Gasteiger partial charge in [0.25, 0.3) is 0 Å². The minimum atomic E-state index is -0.255. The van der Waals surface area contributed by atoms with Gasteiger partial charge in [0, 0.05) is 19.1 Å². The average molecular weight is 261 g/mol. The fourth-order valence-electron chi connectivity index (χ4n) is 3.65. The van der Waals surface area contributed by atoms with Gasteiger partial charge in [-0.05, 0) is 56.4 Å². The van der Waals surface area contributed by atoms with Crippen molar-refractivity contribution >= 4 is 0 Å². The minimum absolute atomic E-state index is 0.255. The summed E-state index contributed by atoms with van der Waals surface area (Å²) in [6.07, 6.45) is 7.61. The van der Waals surface area contributed by atoms with Crippen LogP contribution in [0, 0.1) is 22.7 Å². The molecular formula is C16H27N3. The van der Waals surface area contributed by atoms with Gasteiger partial charge in [0.1, 0.15) is 5.54 Å². The van der Waals surface area contributed by atoms with Gasteiger partial charge in [0.2, 0.25) is 0 Å². The maximum Gasteiger partial charge on any atom is 0.122 e. The summed E-state index contributed by atoms with van der Waals surface area (Å²) >= 11 is 0. The summed E-state index contributed by atoms with van der Waals surface area (Å²) < 4.78 is 0. The van der Waals surface area contributed by atoms with Crippen molar-refractivity contribution in [1.29, 1.82) is 5.26 Å². The molecule has 0 spiro atoms. The molecule has 1 atom stereocenters. The molecule has 1 unspecified atom stereocenters. The maximum atomic E-state index is 9.79. The molecule has 1 aliphatic heterocycles. The van der Waals surface area contributed by atoms with Crippen LogP contribution in [0.2, 0.25) is 0 Å². The second-order valence-corrected chi connectivity index (χ2v) is 7.75. The Bertz CT molecular complexity index is 376. The van der Waals surface area contributed by atoms with Gasteiger partial charge < -0.3 is 0 Å². The summed E-state index contributed by atoms with van der Waals surface area (Å²) in [5.41, 5.74) is 0.164. The molecule has 3 rings (SSSR count). The lowest BCUT2D eigenvalue weighted by Crippen LogP contribution is -2.57. The molecule has 0 radical (unpaired) electrons. The predicted octanol–water partition coefficient (Wildman–Crippen LogP) is 2.53. The van der Waals surface area contributed by atoms with Crippen LogP contribution in [0.4, 0.5) is 0 Å². The molecule has 0 bridgehead atoms. The van der Waals surface area contributed by atoms with Crippen molar-refractivity contribution in [2.24, 2.45) is 11.3 Å². The number of nitrogens with one attached hydrogen (secondary N) is 1. The highest BCUT2D eigenvalue weighted by Crippen LogP contribution is 2.42. The lowest BCUT2D eigenvalue weighted by molar-refractivity contribution is 0.0909. The van der Waals surface area contributed by atoms with E-state index in [1.807, 2.05) is 0 Å². The van der Waals surface area contributed by atoms with E-state index in [1.54, 1.807) is 0 Å². The summed E-state index contributed by atoms with van der Waals surface area (Å²) in [5, 5.41) is 13.5. The molecule has 2 aliphatic carbocycles. The van der Waals surface area contributed by atoms with Crippen molar-refractivity contribution in [3.8, 4) is 6.07 Å². The Balaban J connectivity index is 1.68. The Morgan fingerprint density at radius 2 is 2.05 bits per heavy atom. The molecule has 1 heterocycles. The maximum absolute atomic E-state index is 9.79. The fourth-order valence-corrected chi connectivity index (χ4v) is 3.65. The third kappa shape index (κ3) is 3.12. The predicted molar refractivity (Wildman–Crippen MR) is 76.7 cm³/mol. The van der Waals surface area contributed by atoms with E-state index in [4.69, 9.17) is 0 Å². The highest BCUT2D eigenvalue weighted by atomic mass is 15.2. The summed E-state index contributed by atoms with van der Waals surface area (Å²) in [5.74, 6) is 0.600. The van der Waals surface area contributed by atoms with Crippen molar-refractivity contribution < 1.29 is 0 Å². The van der Waals surface area contributed by atoms with Gasteiger partial charge in [-0.3, -0.25) is 10.2 Å². The van der Waals surface area contributed by atoms with E-state index in [0.717, 1.165) is 13.1 Å². The van der Waals surface area contributed by atoms with Gasteiger partial charge in [0.15, 0.2) is 0 Å². The van der Waals surface area contributed by atoms with Crippen molar-refractivity contribution in [3.63, 3.8) is 0 Å². The van der Waals surface area contributed by atoms with Crippen LogP contribution in [0.15, 0.2) is 0 Å². The highest BCUT2D eigenvalue weighted by molar-refractivity contribution is 5.18. The molecule has 3 heteroatoms. The number of nitrogens with zero attached hydrogens (tertiary/aromatic N) is 2. The molecule has 3 nitrogen and oxygen atoms in total. The molecule has 2 saturated carbocycles. The second-order valence-electron chi connectivity index (χ2n) is 7.75. The standard InChI is InChI=1S/C16H27N3/c1-15(2)8-3-9-19(11-15)12-16(10-17,13-4-5-13)18-14-6-7-14/h13-14,18H,3-9,11-12H2,1-2H3. The van der Waals surface area contributed by atoms with Gasteiger partial charge in [-0.15, -0.1) is 0 Å². The largest absolute Gasteiger partial charge is 0.300 e. The van der Waals surface area contributed by atoms with Crippen LogP contribution in [0.25, 0.3) is 0 Å². The normalized spacial score (nSPS) is 30.6. The van der Waals surface area contributed by atoms with Gasteiger partial charge in [-0.25, -0.2) is 0 Å².